The first-order valence-corrected chi connectivity index (χ1v) is 9.73. The molecule has 1 aromatic carbocycles. The molecule has 1 atom stereocenters. The standard InChI is InChI=1S/C23H23N3O3/c1-4-6-17(23(27)28)21-15(3)24-20-13-18(19-7-5-12-29-19)25-26(20)22(21)16-10-8-14(2)9-11-16/h5,7-13,17H,4,6H2,1-3H3,(H,27,28). The van der Waals surface area contributed by atoms with Crippen LogP contribution in [0.5, 0.6) is 0 Å². The van der Waals surface area contributed by atoms with E-state index in [0.717, 1.165) is 23.2 Å². The van der Waals surface area contributed by atoms with Crippen LogP contribution in [0.4, 0.5) is 0 Å². The molecule has 29 heavy (non-hydrogen) atoms. The van der Waals surface area contributed by atoms with Gasteiger partial charge in [0, 0.05) is 22.9 Å². The monoisotopic (exact) mass is 389 g/mol. The largest absolute Gasteiger partial charge is 0.481 e. The van der Waals surface area contributed by atoms with Gasteiger partial charge in [-0.3, -0.25) is 4.79 Å². The number of carboxylic acid groups (broad SMARTS) is 1. The van der Waals surface area contributed by atoms with Gasteiger partial charge in [0.15, 0.2) is 11.4 Å². The van der Waals surface area contributed by atoms with Gasteiger partial charge in [0.25, 0.3) is 0 Å². The fraction of sp³-hybridized carbons (Fsp3) is 0.261. The molecular formula is C23H23N3O3. The van der Waals surface area contributed by atoms with E-state index in [1.54, 1.807) is 10.8 Å². The fourth-order valence-electron chi connectivity index (χ4n) is 3.76. The third kappa shape index (κ3) is 3.42. The summed E-state index contributed by atoms with van der Waals surface area (Å²) < 4.78 is 7.24. The predicted molar refractivity (Wildman–Crippen MR) is 111 cm³/mol. The quantitative estimate of drug-likeness (QED) is 0.488. The van der Waals surface area contributed by atoms with E-state index in [4.69, 9.17) is 14.5 Å². The zero-order valence-electron chi connectivity index (χ0n) is 16.7. The summed E-state index contributed by atoms with van der Waals surface area (Å²) in [6.45, 7) is 5.89. The van der Waals surface area contributed by atoms with Crippen LogP contribution in [0.25, 0.3) is 28.4 Å². The average Bonchev–Trinajstić information content (AvgIpc) is 3.35. The second kappa shape index (κ2) is 7.54. The number of benzene rings is 1. The van der Waals surface area contributed by atoms with Crippen LogP contribution in [-0.2, 0) is 4.79 Å². The Labute approximate surface area is 168 Å². The first-order valence-electron chi connectivity index (χ1n) is 9.73. The summed E-state index contributed by atoms with van der Waals surface area (Å²) in [6, 6.07) is 13.6. The Morgan fingerprint density at radius 3 is 2.59 bits per heavy atom. The number of hydrogen-bond acceptors (Lipinski definition) is 4. The van der Waals surface area contributed by atoms with Crippen molar-refractivity contribution in [2.75, 3.05) is 0 Å². The number of fused-ring (bicyclic) bond motifs is 1. The van der Waals surface area contributed by atoms with Crippen molar-refractivity contribution in [2.24, 2.45) is 0 Å². The zero-order chi connectivity index (χ0) is 20.5. The van der Waals surface area contributed by atoms with Gasteiger partial charge in [-0.15, -0.1) is 0 Å². The lowest BCUT2D eigenvalue weighted by Gasteiger charge is -2.20. The third-order valence-electron chi connectivity index (χ3n) is 5.15. The molecule has 0 saturated heterocycles. The second-order valence-electron chi connectivity index (χ2n) is 7.28. The van der Waals surface area contributed by atoms with Crippen LogP contribution in [0.15, 0.2) is 53.1 Å². The number of rotatable bonds is 6. The zero-order valence-corrected chi connectivity index (χ0v) is 16.7. The van der Waals surface area contributed by atoms with Crippen LogP contribution in [0, 0.1) is 13.8 Å². The van der Waals surface area contributed by atoms with E-state index in [0.29, 0.717) is 34.8 Å². The van der Waals surface area contributed by atoms with Crippen LogP contribution < -0.4 is 0 Å². The first-order chi connectivity index (χ1) is 14.0. The number of aromatic nitrogens is 3. The Bertz CT molecular complexity index is 1160. The minimum absolute atomic E-state index is 0.536. The molecule has 1 N–H and O–H groups in total. The molecule has 0 aliphatic carbocycles. The Morgan fingerprint density at radius 2 is 1.97 bits per heavy atom. The normalized spacial score (nSPS) is 12.4. The van der Waals surface area contributed by atoms with Gasteiger partial charge >= 0.3 is 5.97 Å². The molecule has 6 heteroatoms. The van der Waals surface area contributed by atoms with Crippen molar-refractivity contribution < 1.29 is 14.3 Å². The Balaban J connectivity index is 2.05. The highest BCUT2D eigenvalue weighted by Crippen LogP contribution is 2.35. The Hall–Kier alpha value is -3.41. The van der Waals surface area contributed by atoms with Crippen molar-refractivity contribution in [3.63, 3.8) is 0 Å². The van der Waals surface area contributed by atoms with Crippen molar-refractivity contribution in [3.8, 4) is 22.7 Å². The van der Waals surface area contributed by atoms with Crippen LogP contribution in [-0.4, -0.2) is 25.7 Å². The molecule has 4 rings (SSSR count). The fourth-order valence-corrected chi connectivity index (χ4v) is 3.76. The average molecular weight is 389 g/mol. The molecule has 0 spiro atoms. The van der Waals surface area contributed by atoms with E-state index < -0.39 is 11.9 Å². The van der Waals surface area contributed by atoms with Gasteiger partial charge in [-0.05, 0) is 32.4 Å². The van der Waals surface area contributed by atoms with E-state index in [1.165, 1.54) is 0 Å². The maximum Gasteiger partial charge on any atom is 0.311 e. The van der Waals surface area contributed by atoms with Gasteiger partial charge in [-0.1, -0.05) is 43.2 Å². The van der Waals surface area contributed by atoms with Gasteiger partial charge < -0.3 is 9.52 Å². The van der Waals surface area contributed by atoms with Crippen LogP contribution in [0.1, 0.15) is 42.5 Å². The molecule has 0 bridgehead atoms. The van der Waals surface area contributed by atoms with Crippen molar-refractivity contribution in [3.05, 3.63) is 65.5 Å². The highest BCUT2D eigenvalue weighted by molar-refractivity contribution is 5.82. The summed E-state index contributed by atoms with van der Waals surface area (Å²) in [5.41, 5.74) is 5.56. The first kappa shape index (κ1) is 18.9. The maximum absolute atomic E-state index is 12.1. The minimum atomic E-state index is -0.845. The van der Waals surface area contributed by atoms with E-state index in [1.807, 2.05) is 63.2 Å². The van der Waals surface area contributed by atoms with E-state index >= 15 is 0 Å². The summed E-state index contributed by atoms with van der Waals surface area (Å²) in [5, 5.41) is 14.7. The molecule has 0 fully saturated rings. The van der Waals surface area contributed by atoms with E-state index in [2.05, 4.69) is 0 Å². The molecule has 4 aromatic rings. The topological polar surface area (TPSA) is 80.6 Å². The molecule has 6 nitrogen and oxygen atoms in total. The lowest BCUT2D eigenvalue weighted by atomic mass is 9.89. The lowest BCUT2D eigenvalue weighted by molar-refractivity contribution is -0.139. The molecular weight excluding hydrogens is 366 g/mol. The number of carboxylic acids is 1. The molecule has 0 aliphatic heterocycles. The van der Waals surface area contributed by atoms with Gasteiger partial charge in [0.1, 0.15) is 5.69 Å². The number of furan rings is 1. The molecule has 3 aromatic heterocycles. The number of nitrogens with zero attached hydrogens (tertiary/aromatic N) is 3. The Morgan fingerprint density at radius 1 is 1.21 bits per heavy atom. The van der Waals surface area contributed by atoms with Crippen molar-refractivity contribution in [1.29, 1.82) is 0 Å². The highest BCUT2D eigenvalue weighted by atomic mass is 16.4. The van der Waals surface area contributed by atoms with Gasteiger partial charge in [0.05, 0.1) is 17.9 Å². The summed E-state index contributed by atoms with van der Waals surface area (Å²) in [4.78, 5) is 16.8. The van der Waals surface area contributed by atoms with Crippen LogP contribution in [0.2, 0.25) is 0 Å². The van der Waals surface area contributed by atoms with Gasteiger partial charge in [0.2, 0.25) is 0 Å². The molecule has 0 aliphatic rings. The van der Waals surface area contributed by atoms with Gasteiger partial charge in [-0.25, -0.2) is 9.50 Å². The minimum Gasteiger partial charge on any atom is -0.481 e. The maximum atomic E-state index is 12.1. The summed E-state index contributed by atoms with van der Waals surface area (Å²) >= 11 is 0. The highest BCUT2D eigenvalue weighted by Gasteiger charge is 2.28. The predicted octanol–water partition coefficient (Wildman–Crippen LogP) is 5.24. The van der Waals surface area contributed by atoms with Crippen LogP contribution in [0.3, 0.4) is 0 Å². The summed E-state index contributed by atoms with van der Waals surface area (Å²) in [7, 11) is 0. The number of aliphatic carboxylic acids is 1. The summed E-state index contributed by atoms with van der Waals surface area (Å²) in [5.74, 6) is -0.847. The summed E-state index contributed by atoms with van der Waals surface area (Å²) in [6.07, 6.45) is 2.90. The molecule has 1 unspecified atom stereocenters. The smallest absolute Gasteiger partial charge is 0.311 e. The van der Waals surface area contributed by atoms with Crippen molar-refractivity contribution >= 4 is 11.6 Å². The number of aryl methyl sites for hydroxylation is 2. The molecule has 0 radical (unpaired) electrons. The number of hydrogen-bond donors (Lipinski definition) is 1. The second-order valence-corrected chi connectivity index (χ2v) is 7.28. The van der Waals surface area contributed by atoms with E-state index in [9.17, 15) is 9.90 Å². The van der Waals surface area contributed by atoms with Gasteiger partial charge in [-0.2, -0.15) is 5.10 Å². The number of carbonyl (C=O) groups is 1. The van der Waals surface area contributed by atoms with Crippen LogP contribution >= 0.6 is 0 Å². The van der Waals surface area contributed by atoms with E-state index in [-0.39, 0.29) is 0 Å². The third-order valence-corrected chi connectivity index (χ3v) is 5.15. The lowest BCUT2D eigenvalue weighted by Crippen LogP contribution is -2.17. The molecule has 0 amide bonds. The molecule has 0 saturated carbocycles. The Kier molecular flexibility index (Phi) is 4.92. The van der Waals surface area contributed by atoms with Crippen molar-refractivity contribution in [1.82, 2.24) is 14.6 Å². The molecule has 3 heterocycles. The molecule has 148 valence electrons. The van der Waals surface area contributed by atoms with Crippen molar-refractivity contribution in [2.45, 2.75) is 39.5 Å². The SMILES string of the molecule is CCCC(C(=O)O)c1c(C)nc2cc(-c3ccco3)nn2c1-c1ccc(C)cc1.